The second-order valence-corrected chi connectivity index (χ2v) is 2.88. The quantitative estimate of drug-likeness (QED) is 0.675. The molecule has 0 atom stereocenters. The van der Waals surface area contributed by atoms with E-state index in [0.717, 1.165) is 6.42 Å². The Morgan fingerprint density at radius 1 is 1.71 bits per heavy atom. The lowest BCUT2D eigenvalue weighted by molar-refractivity contribution is 0.0847. The number of hydrogen-bond donors (Lipinski definition) is 1. The first-order chi connectivity index (χ1) is 6.75. The van der Waals surface area contributed by atoms with E-state index in [1.54, 1.807) is 13.0 Å². The molecule has 5 heteroatoms. The largest absolute Gasteiger partial charge is 0.449 e. The first kappa shape index (κ1) is 10.8. The Labute approximate surface area is 83.5 Å². The molecule has 0 aromatic rings. The van der Waals surface area contributed by atoms with Crippen molar-refractivity contribution in [2.24, 2.45) is 5.73 Å². The van der Waals surface area contributed by atoms with E-state index in [4.69, 9.17) is 15.2 Å². The molecule has 0 radical (unpaired) electrons. The zero-order valence-corrected chi connectivity index (χ0v) is 8.36. The minimum Gasteiger partial charge on any atom is -0.449 e. The monoisotopic (exact) mass is 200 g/mol. The highest BCUT2D eigenvalue weighted by molar-refractivity contribution is 5.69. The summed E-state index contributed by atoms with van der Waals surface area (Å²) < 4.78 is 10.1. The highest BCUT2D eigenvalue weighted by atomic mass is 16.6. The van der Waals surface area contributed by atoms with Gasteiger partial charge in [-0.3, -0.25) is 4.90 Å². The summed E-state index contributed by atoms with van der Waals surface area (Å²) in [4.78, 5) is 12.8. The van der Waals surface area contributed by atoms with E-state index in [-0.39, 0.29) is 0 Å². The summed E-state index contributed by atoms with van der Waals surface area (Å²) in [6, 6.07) is 0. The van der Waals surface area contributed by atoms with Crippen molar-refractivity contribution >= 4 is 6.09 Å². The minimum absolute atomic E-state index is 0.351. The topological polar surface area (TPSA) is 64.8 Å². The number of carbonyl (C=O) groups excluding carboxylic acids is 1. The van der Waals surface area contributed by atoms with Crippen LogP contribution < -0.4 is 5.73 Å². The molecule has 1 aliphatic rings. The van der Waals surface area contributed by atoms with Crippen LogP contribution in [0.4, 0.5) is 4.79 Å². The van der Waals surface area contributed by atoms with Crippen LogP contribution in [0.25, 0.3) is 0 Å². The molecule has 0 aliphatic carbocycles. The molecule has 0 saturated heterocycles. The van der Waals surface area contributed by atoms with Crippen molar-refractivity contribution in [2.75, 3.05) is 26.4 Å². The van der Waals surface area contributed by atoms with E-state index in [2.05, 4.69) is 0 Å². The fourth-order valence-corrected chi connectivity index (χ4v) is 1.19. The van der Waals surface area contributed by atoms with Crippen LogP contribution in [0.15, 0.2) is 11.9 Å². The molecular formula is C9H16N2O3. The van der Waals surface area contributed by atoms with Gasteiger partial charge in [0.05, 0.1) is 26.4 Å². The number of nitrogens with two attached hydrogens (primary N) is 1. The van der Waals surface area contributed by atoms with Crippen molar-refractivity contribution in [3.05, 3.63) is 11.9 Å². The van der Waals surface area contributed by atoms with E-state index in [9.17, 15) is 4.79 Å². The molecule has 0 aromatic heterocycles. The Morgan fingerprint density at radius 2 is 2.50 bits per heavy atom. The Hall–Kier alpha value is -1.23. The molecule has 1 aliphatic heterocycles. The summed E-state index contributed by atoms with van der Waals surface area (Å²) in [5, 5.41) is 0. The molecule has 14 heavy (non-hydrogen) atoms. The van der Waals surface area contributed by atoms with E-state index in [1.165, 1.54) is 4.90 Å². The van der Waals surface area contributed by atoms with Crippen molar-refractivity contribution in [3.63, 3.8) is 0 Å². The molecule has 0 fully saturated rings. The van der Waals surface area contributed by atoms with E-state index < -0.39 is 6.09 Å². The third-order valence-corrected chi connectivity index (χ3v) is 1.87. The van der Waals surface area contributed by atoms with Crippen molar-refractivity contribution in [2.45, 2.75) is 13.3 Å². The summed E-state index contributed by atoms with van der Waals surface area (Å²) in [6.07, 6.45) is 2.09. The Kier molecular flexibility index (Phi) is 4.25. The maximum atomic E-state index is 11.4. The maximum Gasteiger partial charge on any atom is 0.415 e. The van der Waals surface area contributed by atoms with Gasteiger partial charge in [-0.1, -0.05) is 0 Å². The summed E-state index contributed by atoms with van der Waals surface area (Å²) in [7, 11) is 0. The van der Waals surface area contributed by atoms with Gasteiger partial charge in [-0.05, 0) is 19.4 Å². The molecule has 1 heterocycles. The molecule has 1 amide bonds. The number of ether oxygens (including phenoxy) is 2. The van der Waals surface area contributed by atoms with Crippen molar-refractivity contribution in [1.82, 2.24) is 4.90 Å². The third kappa shape index (κ3) is 2.92. The maximum absolute atomic E-state index is 11.4. The molecule has 0 aromatic carbocycles. The first-order valence-electron chi connectivity index (χ1n) is 4.73. The average Bonchev–Trinajstić information content (AvgIpc) is 2.12. The smallest absolute Gasteiger partial charge is 0.415 e. The van der Waals surface area contributed by atoms with Gasteiger partial charge in [-0.15, -0.1) is 0 Å². The standard InChI is InChI=1S/C9H16N2O3/c1-2-14-9(12)11-5-7-13-6-3-4-8(11)10/h4H,2-3,5-7,10H2,1H3/b8-4-. The lowest BCUT2D eigenvalue weighted by Crippen LogP contribution is -2.38. The predicted octanol–water partition coefficient (Wildman–Crippen LogP) is 0.665. The fraction of sp³-hybridized carbons (Fsp3) is 0.667. The number of carbonyl (C=O) groups is 1. The van der Waals surface area contributed by atoms with Crippen LogP contribution in [0.5, 0.6) is 0 Å². The molecule has 5 nitrogen and oxygen atoms in total. The predicted molar refractivity (Wildman–Crippen MR) is 51.4 cm³/mol. The summed E-state index contributed by atoms with van der Waals surface area (Å²) in [5.41, 5.74) is 5.71. The highest BCUT2D eigenvalue weighted by Gasteiger charge is 2.17. The van der Waals surface area contributed by atoms with Gasteiger partial charge in [-0.25, -0.2) is 4.79 Å². The fourth-order valence-electron chi connectivity index (χ4n) is 1.19. The summed E-state index contributed by atoms with van der Waals surface area (Å²) >= 11 is 0. The highest BCUT2D eigenvalue weighted by Crippen LogP contribution is 2.05. The van der Waals surface area contributed by atoms with Gasteiger partial charge >= 0.3 is 6.09 Å². The van der Waals surface area contributed by atoms with Crippen LogP contribution in [0.1, 0.15) is 13.3 Å². The number of nitrogens with zero attached hydrogens (tertiary/aromatic N) is 1. The Balaban J connectivity index is 2.61. The second kappa shape index (κ2) is 5.49. The molecule has 0 saturated carbocycles. The lowest BCUT2D eigenvalue weighted by atomic mass is 10.3. The lowest BCUT2D eigenvalue weighted by Gasteiger charge is -2.23. The molecule has 80 valence electrons. The molecule has 0 unspecified atom stereocenters. The number of rotatable bonds is 1. The molecule has 0 bridgehead atoms. The average molecular weight is 200 g/mol. The zero-order valence-electron chi connectivity index (χ0n) is 8.36. The van der Waals surface area contributed by atoms with Gasteiger partial charge < -0.3 is 15.2 Å². The number of hydrogen-bond acceptors (Lipinski definition) is 4. The Bertz CT molecular complexity index is 228. The van der Waals surface area contributed by atoms with Crippen LogP contribution >= 0.6 is 0 Å². The van der Waals surface area contributed by atoms with Crippen LogP contribution in [-0.4, -0.2) is 37.4 Å². The van der Waals surface area contributed by atoms with Gasteiger partial charge in [0.2, 0.25) is 0 Å². The molecule has 1 rings (SSSR count). The zero-order chi connectivity index (χ0) is 10.4. The van der Waals surface area contributed by atoms with Crippen molar-refractivity contribution in [3.8, 4) is 0 Å². The number of amides is 1. The van der Waals surface area contributed by atoms with Gasteiger partial charge in [-0.2, -0.15) is 0 Å². The van der Waals surface area contributed by atoms with Crippen LogP contribution in [0.3, 0.4) is 0 Å². The normalized spacial score (nSPS) is 21.8. The van der Waals surface area contributed by atoms with Crippen molar-refractivity contribution < 1.29 is 14.3 Å². The minimum atomic E-state index is -0.410. The summed E-state index contributed by atoms with van der Waals surface area (Å²) in [5.74, 6) is 0.451. The summed E-state index contributed by atoms with van der Waals surface area (Å²) in [6.45, 7) is 3.70. The van der Waals surface area contributed by atoms with E-state index in [1.807, 2.05) is 0 Å². The molecule has 2 N–H and O–H groups in total. The molecular weight excluding hydrogens is 184 g/mol. The Morgan fingerprint density at radius 3 is 3.21 bits per heavy atom. The van der Waals surface area contributed by atoms with E-state index >= 15 is 0 Å². The van der Waals surface area contributed by atoms with Crippen molar-refractivity contribution in [1.29, 1.82) is 0 Å². The SMILES string of the molecule is CCOC(=O)N1CCOCC/C=C\1N. The van der Waals surface area contributed by atoms with Gasteiger partial charge in [0.25, 0.3) is 0 Å². The van der Waals surface area contributed by atoms with Crippen LogP contribution in [-0.2, 0) is 9.47 Å². The first-order valence-corrected chi connectivity index (χ1v) is 4.73. The third-order valence-electron chi connectivity index (χ3n) is 1.87. The van der Waals surface area contributed by atoms with Crippen LogP contribution in [0, 0.1) is 0 Å². The van der Waals surface area contributed by atoms with Gasteiger partial charge in [0.1, 0.15) is 5.82 Å². The van der Waals surface area contributed by atoms with Gasteiger partial charge in [0, 0.05) is 0 Å². The molecule has 0 spiro atoms. The second-order valence-electron chi connectivity index (χ2n) is 2.88. The van der Waals surface area contributed by atoms with Gasteiger partial charge in [0.15, 0.2) is 0 Å². The van der Waals surface area contributed by atoms with E-state index in [0.29, 0.717) is 32.2 Å². The van der Waals surface area contributed by atoms with Crippen LogP contribution in [0.2, 0.25) is 0 Å².